The molecule has 0 bridgehead atoms. The van der Waals surface area contributed by atoms with Gasteiger partial charge in [0.25, 0.3) is 5.91 Å². The van der Waals surface area contributed by atoms with Crippen LogP contribution in [-0.4, -0.2) is 72.3 Å². The third-order valence-corrected chi connectivity index (χ3v) is 9.74. The number of benzene rings is 2. The number of hydrogen-bond acceptors (Lipinski definition) is 7. The van der Waals surface area contributed by atoms with Crippen molar-refractivity contribution in [3.8, 4) is 11.3 Å². The molecule has 1 unspecified atom stereocenters. The minimum Gasteiger partial charge on any atom is -0.343 e. The summed E-state index contributed by atoms with van der Waals surface area (Å²) in [6.45, 7) is 1.89. The first kappa shape index (κ1) is 30.7. The van der Waals surface area contributed by atoms with Crippen molar-refractivity contribution in [2.75, 3.05) is 13.1 Å². The van der Waals surface area contributed by atoms with Crippen LogP contribution in [0.25, 0.3) is 22.3 Å². The normalized spacial score (nSPS) is 18.6. The number of imide groups is 1. The van der Waals surface area contributed by atoms with Crippen LogP contribution in [0, 0.1) is 0 Å². The average molecular weight is 634 g/mol. The van der Waals surface area contributed by atoms with Gasteiger partial charge in [-0.3, -0.25) is 34.2 Å². The van der Waals surface area contributed by atoms with Gasteiger partial charge in [0.1, 0.15) is 6.04 Å². The Morgan fingerprint density at radius 3 is 2.55 bits per heavy atom. The molecule has 3 aliphatic rings. The van der Waals surface area contributed by atoms with E-state index in [9.17, 15) is 19.2 Å². The number of amides is 4. The zero-order valence-electron chi connectivity index (χ0n) is 26.4. The van der Waals surface area contributed by atoms with Gasteiger partial charge in [-0.1, -0.05) is 37.1 Å². The van der Waals surface area contributed by atoms with Gasteiger partial charge in [0.05, 0.1) is 35.2 Å². The van der Waals surface area contributed by atoms with Crippen LogP contribution >= 0.6 is 0 Å². The van der Waals surface area contributed by atoms with Crippen LogP contribution < -0.4 is 5.32 Å². The second-order valence-electron chi connectivity index (χ2n) is 12.9. The Hall–Kier alpha value is -4.93. The van der Waals surface area contributed by atoms with Gasteiger partial charge in [-0.25, -0.2) is 4.98 Å². The van der Waals surface area contributed by atoms with Crippen LogP contribution in [0.5, 0.6) is 0 Å². The zero-order valence-corrected chi connectivity index (χ0v) is 26.4. The predicted molar refractivity (Wildman–Crippen MR) is 175 cm³/mol. The Balaban J connectivity index is 0.811. The number of nitrogens with one attached hydrogen (secondary N) is 1. The van der Waals surface area contributed by atoms with E-state index in [-0.39, 0.29) is 36.1 Å². The van der Waals surface area contributed by atoms with Gasteiger partial charge in [0, 0.05) is 49.8 Å². The molecular weight excluding hydrogens is 594 g/mol. The number of carbonyl (C=O) groups is 4. The van der Waals surface area contributed by atoms with Crippen molar-refractivity contribution in [1.82, 2.24) is 34.9 Å². The molecule has 11 heteroatoms. The van der Waals surface area contributed by atoms with E-state index in [1.165, 1.54) is 0 Å². The van der Waals surface area contributed by atoms with Gasteiger partial charge in [0.15, 0.2) is 0 Å². The SMILES string of the molecule is O=C1CCC(N2Cc3ccc(CCCCCCC(=O)N4CCC(n5cc(-c6cnc7ccccc7n6)cn5)CC4)cc3C2=O)C(=O)N1. The lowest BCUT2D eigenvalue weighted by molar-refractivity contribution is -0.137. The van der Waals surface area contributed by atoms with E-state index in [2.05, 4.69) is 21.5 Å². The highest BCUT2D eigenvalue weighted by Crippen LogP contribution is 2.29. The summed E-state index contributed by atoms with van der Waals surface area (Å²) in [5.74, 6) is -0.572. The smallest absolute Gasteiger partial charge is 0.255 e. The highest BCUT2D eigenvalue weighted by atomic mass is 16.2. The number of nitrogens with zero attached hydrogens (tertiary/aromatic N) is 6. The summed E-state index contributed by atoms with van der Waals surface area (Å²) >= 11 is 0. The topological polar surface area (TPSA) is 130 Å². The average Bonchev–Trinajstić information content (AvgIpc) is 3.71. The van der Waals surface area contributed by atoms with Crippen LogP contribution in [0.3, 0.4) is 0 Å². The number of aryl methyl sites for hydroxylation is 1. The molecule has 5 heterocycles. The molecule has 242 valence electrons. The van der Waals surface area contributed by atoms with Crippen molar-refractivity contribution in [3.05, 3.63) is 77.7 Å². The van der Waals surface area contributed by atoms with Crippen molar-refractivity contribution in [2.45, 2.75) is 82.8 Å². The summed E-state index contributed by atoms with van der Waals surface area (Å²) in [4.78, 5) is 62.6. The second-order valence-corrected chi connectivity index (χ2v) is 12.9. The Bertz CT molecular complexity index is 1830. The van der Waals surface area contributed by atoms with E-state index >= 15 is 0 Å². The minimum atomic E-state index is -0.591. The number of hydrogen-bond donors (Lipinski definition) is 1. The molecule has 2 fully saturated rings. The molecule has 7 rings (SSSR count). The monoisotopic (exact) mass is 633 g/mol. The molecule has 11 nitrogen and oxygen atoms in total. The number of piperidine rings is 2. The van der Waals surface area contributed by atoms with Crippen LogP contribution in [0.2, 0.25) is 0 Å². The third kappa shape index (κ3) is 6.65. The van der Waals surface area contributed by atoms with Crippen molar-refractivity contribution in [1.29, 1.82) is 0 Å². The summed E-state index contributed by atoms with van der Waals surface area (Å²) < 4.78 is 2.01. The molecule has 47 heavy (non-hydrogen) atoms. The molecular formula is C36H39N7O4. The number of unbranched alkanes of at least 4 members (excludes halogenated alkanes) is 3. The predicted octanol–water partition coefficient (Wildman–Crippen LogP) is 4.61. The van der Waals surface area contributed by atoms with E-state index in [1.807, 2.05) is 58.4 Å². The van der Waals surface area contributed by atoms with E-state index in [4.69, 9.17) is 4.98 Å². The van der Waals surface area contributed by atoms with Crippen LogP contribution in [0.15, 0.2) is 61.1 Å². The number of carbonyl (C=O) groups excluding carboxylic acids is 4. The summed E-state index contributed by atoms with van der Waals surface area (Å²) in [5.41, 5.74) is 6.19. The molecule has 1 N–H and O–H groups in total. The number of aromatic nitrogens is 4. The minimum absolute atomic E-state index is 0.135. The van der Waals surface area contributed by atoms with Gasteiger partial charge in [0.2, 0.25) is 17.7 Å². The van der Waals surface area contributed by atoms with Crippen molar-refractivity contribution in [2.24, 2.45) is 0 Å². The lowest BCUT2D eigenvalue weighted by Crippen LogP contribution is -2.52. The van der Waals surface area contributed by atoms with E-state index in [0.29, 0.717) is 24.9 Å². The largest absolute Gasteiger partial charge is 0.343 e. The number of para-hydroxylation sites is 2. The molecule has 3 aliphatic heterocycles. The quantitative estimate of drug-likeness (QED) is 0.199. The van der Waals surface area contributed by atoms with Crippen LogP contribution in [0.4, 0.5) is 0 Å². The highest BCUT2D eigenvalue weighted by Gasteiger charge is 2.39. The Labute approximate surface area is 273 Å². The number of rotatable bonds is 10. The molecule has 2 aromatic heterocycles. The maximum atomic E-state index is 13.1. The molecule has 0 radical (unpaired) electrons. The molecule has 2 aromatic carbocycles. The van der Waals surface area contributed by atoms with Gasteiger partial charge < -0.3 is 9.80 Å². The molecule has 0 spiro atoms. The second kappa shape index (κ2) is 13.4. The van der Waals surface area contributed by atoms with Crippen molar-refractivity contribution >= 4 is 34.7 Å². The molecule has 4 aromatic rings. The summed E-state index contributed by atoms with van der Waals surface area (Å²) in [6.07, 6.45) is 13.4. The molecule has 4 amide bonds. The third-order valence-electron chi connectivity index (χ3n) is 9.74. The van der Waals surface area contributed by atoms with Crippen LogP contribution in [-0.2, 0) is 27.3 Å². The fourth-order valence-electron chi connectivity index (χ4n) is 7.02. The van der Waals surface area contributed by atoms with Gasteiger partial charge >= 0.3 is 0 Å². The maximum Gasteiger partial charge on any atom is 0.255 e. The van der Waals surface area contributed by atoms with E-state index in [1.54, 1.807) is 11.1 Å². The first-order valence-electron chi connectivity index (χ1n) is 16.7. The fourth-order valence-corrected chi connectivity index (χ4v) is 7.02. The fraction of sp³-hybridized carbons (Fsp3) is 0.417. The molecule has 0 saturated carbocycles. The Morgan fingerprint density at radius 2 is 1.72 bits per heavy atom. The Kier molecular flexibility index (Phi) is 8.78. The maximum absolute atomic E-state index is 13.1. The van der Waals surface area contributed by atoms with Crippen molar-refractivity contribution in [3.63, 3.8) is 0 Å². The standard InChI is InChI=1S/C36H39N7O4/c44-33-14-13-32(35(46)40-33)42-22-25-12-11-24(19-28(25)36(42)47)7-3-1-2-4-10-34(45)41-17-15-27(16-18-41)43-23-26(20-38-43)31-21-37-29-8-5-6-9-30(29)39-31/h5-6,8-9,11-12,19-21,23,27,32H,1-4,7,10,13-18,22H2,(H,40,44,46). The molecule has 2 saturated heterocycles. The Morgan fingerprint density at radius 1 is 0.915 bits per heavy atom. The summed E-state index contributed by atoms with van der Waals surface area (Å²) in [6, 6.07) is 13.5. The number of fused-ring (bicyclic) bond motifs is 2. The summed E-state index contributed by atoms with van der Waals surface area (Å²) in [7, 11) is 0. The first-order chi connectivity index (χ1) is 22.9. The lowest BCUT2D eigenvalue weighted by Gasteiger charge is -2.32. The first-order valence-corrected chi connectivity index (χ1v) is 16.7. The van der Waals surface area contributed by atoms with Crippen molar-refractivity contribution < 1.29 is 19.2 Å². The van der Waals surface area contributed by atoms with Gasteiger partial charge in [-0.05, 0) is 67.9 Å². The van der Waals surface area contributed by atoms with E-state index in [0.717, 1.165) is 91.5 Å². The highest BCUT2D eigenvalue weighted by molar-refractivity contribution is 6.05. The van der Waals surface area contributed by atoms with Crippen LogP contribution in [0.1, 0.15) is 85.3 Å². The lowest BCUT2D eigenvalue weighted by atomic mass is 10.0. The zero-order chi connectivity index (χ0) is 32.3. The van der Waals surface area contributed by atoms with Gasteiger partial charge in [-0.15, -0.1) is 0 Å². The van der Waals surface area contributed by atoms with E-state index < -0.39 is 6.04 Å². The summed E-state index contributed by atoms with van der Waals surface area (Å²) in [5, 5.41) is 6.97. The van der Waals surface area contributed by atoms with Gasteiger partial charge in [-0.2, -0.15) is 5.10 Å². The molecule has 0 aliphatic carbocycles. The molecule has 1 atom stereocenters. The number of likely N-dealkylation sites (tertiary alicyclic amines) is 1.